The number of guanidine groups is 1. The van der Waals surface area contributed by atoms with E-state index in [1.54, 1.807) is 14.2 Å². The molecule has 0 aliphatic carbocycles. The van der Waals surface area contributed by atoms with Gasteiger partial charge >= 0.3 is 0 Å². The average Bonchev–Trinajstić information content (AvgIpc) is 2.70. The first-order chi connectivity index (χ1) is 13.2. The molecule has 0 saturated heterocycles. The second-order valence-electron chi connectivity index (χ2n) is 6.40. The third-order valence-corrected chi connectivity index (χ3v) is 4.30. The van der Waals surface area contributed by atoms with Gasteiger partial charge in [-0.05, 0) is 24.9 Å². The summed E-state index contributed by atoms with van der Waals surface area (Å²) in [7, 11) is 5.63. The average molecular weight is 373 g/mol. The molecule has 148 valence electrons. The van der Waals surface area contributed by atoms with Crippen LogP contribution in [-0.4, -0.2) is 71.5 Å². The number of methoxy groups -OCH3 is 1. The summed E-state index contributed by atoms with van der Waals surface area (Å²) in [6, 6.07) is 14.4. The molecule has 6 heteroatoms. The van der Waals surface area contributed by atoms with E-state index in [-0.39, 0.29) is 0 Å². The van der Waals surface area contributed by atoms with E-state index in [0.717, 1.165) is 49.8 Å². The van der Waals surface area contributed by atoms with Gasteiger partial charge in [0.2, 0.25) is 0 Å². The molecule has 0 aliphatic heterocycles. The van der Waals surface area contributed by atoms with Gasteiger partial charge in [-0.25, -0.2) is 0 Å². The predicted octanol–water partition coefficient (Wildman–Crippen LogP) is 2.35. The number of fused-ring (bicyclic) bond motifs is 1. The Morgan fingerprint density at radius 1 is 1.00 bits per heavy atom. The molecule has 0 atom stereocenters. The van der Waals surface area contributed by atoms with Crippen LogP contribution in [0.2, 0.25) is 0 Å². The highest BCUT2D eigenvalue weighted by atomic mass is 16.5. The Morgan fingerprint density at radius 3 is 2.59 bits per heavy atom. The van der Waals surface area contributed by atoms with E-state index >= 15 is 0 Å². The van der Waals surface area contributed by atoms with Gasteiger partial charge in [0.25, 0.3) is 0 Å². The Hall–Kier alpha value is -2.31. The quantitative estimate of drug-likeness (QED) is 0.360. The van der Waals surface area contributed by atoms with Gasteiger partial charge in [-0.3, -0.25) is 4.99 Å². The first-order valence-corrected chi connectivity index (χ1v) is 9.47. The smallest absolute Gasteiger partial charge is 0.191 e. The van der Waals surface area contributed by atoms with Crippen molar-refractivity contribution in [1.29, 1.82) is 0 Å². The molecule has 2 aromatic carbocycles. The molecule has 0 radical (unpaired) electrons. The zero-order valence-corrected chi connectivity index (χ0v) is 16.7. The van der Waals surface area contributed by atoms with Crippen molar-refractivity contribution in [2.75, 3.05) is 60.6 Å². The number of nitrogens with one attached hydrogen (secondary N) is 2. The highest BCUT2D eigenvalue weighted by Gasteiger charge is 2.03. The molecule has 0 aromatic heterocycles. The van der Waals surface area contributed by atoms with Gasteiger partial charge in [-0.2, -0.15) is 0 Å². The third kappa shape index (κ3) is 7.45. The van der Waals surface area contributed by atoms with Gasteiger partial charge in [0.1, 0.15) is 12.4 Å². The summed E-state index contributed by atoms with van der Waals surface area (Å²) in [5.74, 6) is 1.71. The Morgan fingerprint density at radius 2 is 1.78 bits per heavy atom. The maximum absolute atomic E-state index is 5.95. The number of hydrogen-bond donors (Lipinski definition) is 2. The first-order valence-electron chi connectivity index (χ1n) is 9.47. The van der Waals surface area contributed by atoms with Crippen molar-refractivity contribution >= 4 is 16.7 Å². The van der Waals surface area contributed by atoms with Crippen LogP contribution < -0.4 is 15.4 Å². The number of aliphatic imine (C=N–C) groups is 1. The molecule has 0 saturated carbocycles. The normalized spacial score (nSPS) is 11.8. The van der Waals surface area contributed by atoms with Crippen molar-refractivity contribution in [1.82, 2.24) is 15.5 Å². The fraction of sp³-hybridized carbons (Fsp3) is 0.476. The highest BCUT2D eigenvalue weighted by molar-refractivity contribution is 5.88. The fourth-order valence-electron chi connectivity index (χ4n) is 2.83. The molecule has 6 nitrogen and oxygen atoms in total. The minimum Gasteiger partial charge on any atom is -0.491 e. The maximum Gasteiger partial charge on any atom is 0.191 e. The molecule has 0 heterocycles. The second kappa shape index (κ2) is 12.1. The minimum absolute atomic E-state index is 0.575. The van der Waals surface area contributed by atoms with Crippen molar-refractivity contribution in [2.45, 2.75) is 6.42 Å². The Bertz CT molecular complexity index is 700. The summed E-state index contributed by atoms with van der Waals surface area (Å²) in [5, 5.41) is 8.95. The zero-order valence-electron chi connectivity index (χ0n) is 16.7. The highest BCUT2D eigenvalue weighted by Crippen LogP contribution is 2.24. The number of benzene rings is 2. The van der Waals surface area contributed by atoms with Crippen LogP contribution in [-0.2, 0) is 4.74 Å². The number of rotatable bonds is 11. The summed E-state index contributed by atoms with van der Waals surface area (Å²) in [5.41, 5.74) is 0. The SMILES string of the molecule is CN=C(NCCOc1cccc2ccccc12)NCCN(C)CCCOC. The molecule has 0 fully saturated rings. The van der Waals surface area contributed by atoms with Crippen molar-refractivity contribution < 1.29 is 9.47 Å². The van der Waals surface area contributed by atoms with Gasteiger partial charge in [0.05, 0.1) is 6.54 Å². The zero-order chi connectivity index (χ0) is 19.3. The van der Waals surface area contributed by atoms with Crippen molar-refractivity contribution in [3.63, 3.8) is 0 Å². The van der Waals surface area contributed by atoms with Crippen molar-refractivity contribution in [3.8, 4) is 5.75 Å². The lowest BCUT2D eigenvalue weighted by Crippen LogP contribution is -2.42. The van der Waals surface area contributed by atoms with E-state index in [1.807, 2.05) is 24.3 Å². The standard InChI is InChI=1S/C21H32N4O2/c1-22-21(23-12-15-25(2)14-7-16-26-3)24-13-17-27-20-11-6-9-18-8-4-5-10-19(18)20/h4-6,8-11H,7,12-17H2,1-3H3,(H2,22,23,24). The Kier molecular flexibility index (Phi) is 9.44. The lowest BCUT2D eigenvalue weighted by molar-refractivity contribution is 0.180. The molecule has 0 amide bonds. The molecule has 0 aliphatic rings. The maximum atomic E-state index is 5.95. The van der Waals surface area contributed by atoms with Crippen LogP contribution in [0.1, 0.15) is 6.42 Å². The van der Waals surface area contributed by atoms with Gasteiger partial charge in [-0.1, -0.05) is 36.4 Å². The van der Waals surface area contributed by atoms with Crippen molar-refractivity contribution in [2.24, 2.45) is 4.99 Å². The van der Waals surface area contributed by atoms with E-state index in [1.165, 1.54) is 5.39 Å². The van der Waals surface area contributed by atoms with Crippen molar-refractivity contribution in [3.05, 3.63) is 42.5 Å². The van der Waals surface area contributed by atoms with Crippen LogP contribution in [0.4, 0.5) is 0 Å². The minimum atomic E-state index is 0.575. The Labute approximate surface area is 162 Å². The summed E-state index contributed by atoms with van der Waals surface area (Å²) in [6.07, 6.45) is 1.05. The molecule has 0 bridgehead atoms. The molecule has 2 rings (SSSR count). The van der Waals surface area contributed by atoms with E-state index in [2.05, 4.69) is 45.8 Å². The summed E-state index contributed by atoms with van der Waals surface area (Å²) >= 11 is 0. The number of nitrogens with zero attached hydrogens (tertiary/aromatic N) is 2. The molecule has 0 unspecified atom stereocenters. The molecule has 2 aromatic rings. The number of hydrogen-bond acceptors (Lipinski definition) is 4. The molecule has 2 N–H and O–H groups in total. The number of ether oxygens (including phenoxy) is 2. The third-order valence-electron chi connectivity index (χ3n) is 4.30. The topological polar surface area (TPSA) is 58.1 Å². The largest absolute Gasteiger partial charge is 0.491 e. The summed E-state index contributed by atoms with van der Waals surface area (Å²) < 4.78 is 11.0. The van der Waals surface area contributed by atoms with Crippen LogP contribution in [0.15, 0.2) is 47.5 Å². The predicted molar refractivity (Wildman–Crippen MR) is 113 cm³/mol. The lowest BCUT2D eigenvalue weighted by atomic mass is 10.1. The van der Waals surface area contributed by atoms with E-state index in [9.17, 15) is 0 Å². The van der Waals surface area contributed by atoms with Crippen LogP contribution in [0.3, 0.4) is 0 Å². The molecule has 0 spiro atoms. The number of likely N-dealkylation sites (N-methyl/N-ethyl adjacent to an activating group) is 1. The first kappa shape index (κ1) is 21.0. The molecular formula is C21H32N4O2. The van der Waals surface area contributed by atoms with Crippen LogP contribution in [0.25, 0.3) is 10.8 Å². The summed E-state index contributed by atoms with van der Waals surface area (Å²) in [6.45, 7) is 4.89. The van der Waals surface area contributed by atoms with E-state index in [0.29, 0.717) is 13.2 Å². The van der Waals surface area contributed by atoms with Crippen LogP contribution in [0, 0.1) is 0 Å². The lowest BCUT2D eigenvalue weighted by Gasteiger charge is -2.18. The van der Waals surface area contributed by atoms with Gasteiger partial charge < -0.3 is 25.0 Å². The van der Waals surface area contributed by atoms with E-state index < -0.39 is 0 Å². The van der Waals surface area contributed by atoms with Crippen LogP contribution in [0.5, 0.6) is 5.75 Å². The van der Waals surface area contributed by atoms with Crippen LogP contribution >= 0.6 is 0 Å². The van der Waals surface area contributed by atoms with Gasteiger partial charge in [-0.15, -0.1) is 0 Å². The molecule has 27 heavy (non-hydrogen) atoms. The fourth-order valence-corrected chi connectivity index (χ4v) is 2.83. The van der Waals surface area contributed by atoms with E-state index in [4.69, 9.17) is 9.47 Å². The summed E-state index contributed by atoms with van der Waals surface area (Å²) in [4.78, 5) is 6.54. The molecular weight excluding hydrogens is 340 g/mol. The second-order valence-corrected chi connectivity index (χ2v) is 6.40. The monoisotopic (exact) mass is 372 g/mol. The Balaban J connectivity index is 1.66. The van der Waals surface area contributed by atoms with Gasteiger partial charge in [0.15, 0.2) is 5.96 Å². The van der Waals surface area contributed by atoms with Gasteiger partial charge in [0, 0.05) is 45.8 Å².